The van der Waals surface area contributed by atoms with Crippen LogP contribution in [0.2, 0.25) is 0 Å². The van der Waals surface area contributed by atoms with Crippen molar-refractivity contribution in [2.24, 2.45) is 4.99 Å². The molecule has 0 aromatic heterocycles. The molecule has 1 unspecified atom stereocenters. The summed E-state index contributed by atoms with van der Waals surface area (Å²) >= 11 is 5.76. The second kappa shape index (κ2) is 2.20. The molecule has 0 fully saturated rings. The molecule has 0 radical (unpaired) electrons. The number of aliphatic imine (C=N–C) groups is 1. The highest BCUT2D eigenvalue weighted by Gasteiger charge is 2.20. The van der Waals surface area contributed by atoms with Gasteiger partial charge in [0.05, 0.1) is 16.8 Å². The van der Waals surface area contributed by atoms with Crippen LogP contribution in [0.5, 0.6) is 0 Å². The first-order valence-electron chi connectivity index (χ1n) is 3.20. The van der Waals surface area contributed by atoms with Crippen LogP contribution in [-0.4, -0.2) is 17.1 Å². The van der Waals surface area contributed by atoms with Crippen LogP contribution in [0.1, 0.15) is 0 Å². The number of nitrogens with one attached hydrogen (secondary N) is 1. The van der Waals surface area contributed by atoms with Crippen molar-refractivity contribution in [3.63, 3.8) is 0 Å². The molecule has 1 heterocycles. The number of carbonyl (C=O) groups is 1. The average molecular weight is 169 g/mol. The second-order valence-corrected chi connectivity index (χ2v) is 2.82. The number of nitrogens with zero attached hydrogens (tertiary/aromatic N) is 1. The Labute approximate surface area is 68.4 Å². The van der Waals surface area contributed by atoms with Crippen molar-refractivity contribution in [1.82, 2.24) is 5.32 Å². The fraction of sp³-hybridized carbons (Fsp3) is 0.143. The summed E-state index contributed by atoms with van der Waals surface area (Å²) in [5, 5.41) is 2.43. The summed E-state index contributed by atoms with van der Waals surface area (Å²) in [7, 11) is 0. The minimum atomic E-state index is -0.318. The van der Waals surface area contributed by atoms with Gasteiger partial charge in [0.15, 0.2) is 0 Å². The van der Waals surface area contributed by atoms with Crippen molar-refractivity contribution in [2.45, 2.75) is 5.38 Å². The molecule has 4 heteroatoms. The molecule has 0 saturated carbocycles. The summed E-state index contributed by atoms with van der Waals surface area (Å²) < 4.78 is 0. The molecule has 2 aliphatic rings. The number of carbonyl (C=O) groups excluding carboxylic acids is 1. The molecule has 1 aliphatic heterocycles. The lowest BCUT2D eigenvalue weighted by Gasteiger charge is -2.06. The van der Waals surface area contributed by atoms with Crippen LogP contribution in [0.15, 0.2) is 28.9 Å². The van der Waals surface area contributed by atoms with E-state index in [0.29, 0.717) is 5.71 Å². The van der Waals surface area contributed by atoms with Gasteiger partial charge in [-0.3, -0.25) is 0 Å². The number of hydrogen-bond donors (Lipinski definition) is 1. The number of amides is 2. The molecule has 11 heavy (non-hydrogen) atoms. The first kappa shape index (κ1) is 6.61. The summed E-state index contributed by atoms with van der Waals surface area (Å²) in [6.45, 7) is 0. The Morgan fingerprint density at radius 2 is 2.45 bits per heavy atom. The Morgan fingerprint density at radius 1 is 1.64 bits per heavy atom. The van der Waals surface area contributed by atoms with Gasteiger partial charge in [0.25, 0.3) is 0 Å². The molecule has 2 rings (SSSR count). The lowest BCUT2D eigenvalue weighted by atomic mass is 10.1. The predicted molar refractivity (Wildman–Crippen MR) is 42.8 cm³/mol. The van der Waals surface area contributed by atoms with Crippen LogP contribution < -0.4 is 5.32 Å². The van der Waals surface area contributed by atoms with Gasteiger partial charge in [0.1, 0.15) is 0 Å². The molecule has 1 atom stereocenters. The number of urea groups is 1. The van der Waals surface area contributed by atoms with E-state index in [0.717, 1.165) is 5.70 Å². The third-order valence-corrected chi connectivity index (χ3v) is 1.77. The van der Waals surface area contributed by atoms with Crippen molar-refractivity contribution < 1.29 is 4.79 Å². The standard InChI is InChI=1S/C7H5ClN2O/c8-4-1-2-5-6(3-4)10-7(11)9-5/h1-4H,(H,10,11). The third-order valence-electron chi connectivity index (χ3n) is 1.50. The number of fused-ring (bicyclic) bond motifs is 1. The Hall–Kier alpha value is -1.09. The van der Waals surface area contributed by atoms with Crippen molar-refractivity contribution in [3.8, 4) is 0 Å². The third kappa shape index (κ3) is 1.07. The number of halogens is 1. The van der Waals surface area contributed by atoms with Gasteiger partial charge in [-0.15, -0.1) is 11.6 Å². The maximum atomic E-state index is 10.7. The van der Waals surface area contributed by atoms with E-state index in [-0.39, 0.29) is 11.4 Å². The molecule has 0 bridgehead atoms. The molecular formula is C7H5ClN2O. The molecular weight excluding hydrogens is 164 g/mol. The van der Waals surface area contributed by atoms with Crippen LogP contribution >= 0.6 is 11.6 Å². The van der Waals surface area contributed by atoms with Crippen molar-refractivity contribution >= 4 is 23.3 Å². The van der Waals surface area contributed by atoms with Crippen molar-refractivity contribution in [3.05, 3.63) is 23.9 Å². The number of hydrogen-bond acceptors (Lipinski definition) is 1. The molecule has 1 N–H and O–H groups in total. The number of allylic oxidation sites excluding steroid dienone is 3. The lowest BCUT2D eigenvalue weighted by molar-refractivity contribution is 0.253. The van der Waals surface area contributed by atoms with E-state index in [1.54, 1.807) is 18.2 Å². The fourth-order valence-electron chi connectivity index (χ4n) is 1.03. The SMILES string of the molecule is O=C1N=C2C=CC(Cl)C=C2N1. The van der Waals surface area contributed by atoms with Gasteiger partial charge in [-0.1, -0.05) is 6.08 Å². The van der Waals surface area contributed by atoms with E-state index in [9.17, 15) is 4.79 Å². The van der Waals surface area contributed by atoms with E-state index < -0.39 is 0 Å². The number of rotatable bonds is 0. The largest absolute Gasteiger partial charge is 0.346 e. The maximum absolute atomic E-state index is 10.7. The predicted octanol–water partition coefficient (Wildman–Crippen LogP) is 1.21. The molecule has 0 saturated heterocycles. The minimum Gasteiger partial charge on any atom is -0.304 e. The maximum Gasteiger partial charge on any atom is 0.346 e. The monoisotopic (exact) mass is 168 g/mol. The Balaban J connectivity index is 2.39. The van der Waals surface area contributed by atoms with Gasteiger partial charge in [-0.05, 0) is 12.2 Å². The van der Waals surface area contributed by atoms with Crippen LogP contribution in [0.3, 0.4) is 0 Å². The summed E-state index contributed by atoms with van der Waals surface area (Å²) in [6, 6.07) is -0.318. The highest BCUT2D eigenvalue weighted by atomic mass is 35.5. The minimum absolute atomic E-state index is 0.137. The number of alkyl halides is 1. The Kier molecular flexibility index (Phi) is 1.32. The van der Waals surface area contributed by atoms with E-state index in [2.05, 4.69) is 10.3 Å². The zero-order valence-corrected chi connectivity index (χ0v) is 6.30. The lowest BCUT2D eigenvalue weighted by Crippen LogP contribution is -2.17. The van der Waals surface area contributed by atoms with Crippen LogP contribution in [0, 0.1) is 0 Å². The highest BCUT2D eigenvalue weighted by molar-refractivity contribution is 6.27. The summed E-state index contributed by atoms with van der Waals surface area (Å²) in [4.78, 5) is 14.4. The van der Waals surface area contributed by atoms with Crippen LogP contribution in [0.4, 0.5) is 4.79 Å². The summed E-state index contributed by atoms with van der Waals surface area (Å²) in [5.74, 6) is 0. The van der Waals surface area contributed by atoms with Crippen LogP contribution in [-0.2, 0) is 0 Å². The van der Waals surface area contributed by atoms with Crippen molar-refractivity contribution in [1.29, 1.82) is 0 Å². The van der Waals surface area contributed by atoms with Crippen molar-refractivity contribution in [2.75, 3.05) is 0 Å². The first-order chi connectivity index (χ1) is 5.25. The summed E-state index contributed by atoms with van der Waals surface area (Å²) in [6.07, 6.45) is 5.28. The molecule has 56 valence electrons. The van der Waals surface area contributed by atoms with Gasteiger partial charge in [-0.2, -0.15) is 4.99 Å². The van der Waals surface area contributed by atoms with Gasteiger partial charge in [-0.25, -0.2) is 4.79 Å². The van der Waals surface area contributed by atoms with Crippen LogP contribution in [0.25, 0.3) is 0 Å². The second-order valence-electron chi connectivity index (χ2n) is 2.31. The molecule has 3 nitrogen and oxygen atoms in total. The van der Waals surface area contributed by atoms with Gasteiger partial charge < -0.3 is 5.32 Å². The molecule has 0 spiro atoms. The Bertz CT molecular complexity index is 304. The molecule has 1 aliphatic carbocycles. The highest BCUT2D eigenvalue weighted by Crippen LogP contribution is 2.15. The Morgan fingerprint density at radius 3 is 3.27 bits per heavy atom. The normalized spacial score (nSPS) is 27.4. The first-order valence-corrected chi connectivity index (χ1v) is 3.63. The average Bonchev–Trinajstić information content (AvgIpc) is 2.27. The summed E-state index contributed by atoms with van der Waals surface area (Å²) in [5.41, 5.74) is 1.39. The van der Waals surface area contributed by atoms with Gasteiger partial charge >= 0.3 is 6.03 Å². The zero-order valence-electron chi connectivity index (χ0n) is 5.54. The van der Waals surface area contributed by atoms with Gasteiger partial charge in [0.2, 0.25) is 0 Å². The molecule has 0 aromatic rings. The van der Waals surface area contributed by atoms with E-state index >= 15 is 0 Å². The van der Waals surface area contributed by atoms with Gasteiger partial charge in [0, 0.05) is 0 Å². The topological polar surface area (TPSA) is 41.5 Å². The van der Waals surface area contributed by atoms with E-state index in [4.69, 9.17) is 11.6 Å². The van der Waals surface area contributed by atoms with E-state index in [1.807, 2.05) is 0 Å². The zero-order chi connectivity index (χ0) is 7.84. The fourth-order valence-corrected chi connectivity index (χ4v) is 1.23. The molecule has 2 amide bonds. The molecule has 0 aromatic carbocycles. The smallest absolute Gasteiger partial charge is 0.304 e. The van der Waals surface area contributed by atoms with E-state index in [1.165, 1.54) is 0 Å². The quantitative estimate of drug-likeness (QED) is 0.543.